The van der Waals surface area contributed by atoms with Gasteiger partial charge >= 0.3 is 5.97 Å². The van der Waals surface area contributed by atoms with Gasteiger partial charge in [0.15, 0.2) is 0 Å². The van der Waals surface area contributed by atoms with Crippen LogP contribution in [0, 0.1) is 0 Å². The first-order valence-electron chi connectivity index (χ1n) is 12.4. The molecular weight excluding hydrogens is 344 g/mol. The van der Waals surface area contributed by atoms with Gasteiger partial charge < -0.3 is 4.74 Å². The van der Waals surface area contributed by atoms with E-state index in [1.165, 1.54) is 109 Å². The van der Waals surface area contributed by atoms with E-state index >= 15 is 0 Å². The standard InChI is InChI=1S/C26H50O2/c1-5-6-7-8-9-10-11-12-13-14-15-16-17-18-19-20-21-22-23-25(4)28-26(27)24(2)3/h25H,2,5-23H2,1,3-4H3. The molecule has 0 fully saturated rings. The first-order chi connectivity index (χ1) is 13.6. The predicted molar refractivity (Wildman–Crippen MR) is 124 cm³/mol. The largest absolute Gasteiger partial charge is 0.459 e. The van der Waals surface area contributed by atoms with Crippen LogP contribution < -0.4 is 0 Å². The zero-order valence-corrected chi connectivity index (χ0v) is 19.5. The van der Waals surface area contributed by atoms with Gasteiger partial charge in [0.2, 0.25) is 0 Å². The summed E-state index contributed by atoms with van der Waals surface area (Å²) in [7, 11) is 0. The predicted octanol–water partition coefficient (Wildman–Crippen LogP) is 8.93. The fraction of sp³-hybridized carbons (Fsp3) is 0.885. The number of unbranched alkanes of at least 4 members (excludes halogenated alkanes) is 17. The second-order valence-electron chi connectivity index (χ2n) is 8.80. The number of hydrogen-bond acceptors (Lipinski definition) is 2. The molecule has 0 amide bonds. The lowest BCUT2D eigenvalue weighted by molar-refractivity contribution is -0.143. The first kappa shape index (κ1) is 27.2. The van der Waals surface area contributed by atoms with E-state index in [9.17, 15) is 4.79 Å². The van der Waals surface area contributed by atoms with Crippen LogP contribution in [-0.4, -0.2) is 12.1 Å². The molecule has 0 aliphatic rings. The van der Waals surface area contributed by atoms with Crippen LogP contribution >= 0.6 is 0 Å². The summed E-state index contributed by atoms with van der Waals surface area (Å²) in [4.78, 5) is 11.4. The number of esters is 1. The summed E-state index contributed by atoms with van der Waals surface area (Å²) in [5.74, 6) is -0.255. The van der Waals surface area contributed by atoms with Gasteiger partial charge in [-0.3, -0.25) is 0 Å². The Kier molecular flexibility index (Phi) is 20.3. The van der Waals surface area contributed by atoms with Crippen molar-refractivity contribution >= 4 is 5.97 Å². The molecule has 0 aromatic heterocycles. The number of carbonyl (C=O) groups is 1. The van der Waals surface area contributed by atoms with Gasteiger partial charge in [-0.1, -0.05) is 123 Å². The van der Waals surface area contributed by atoms with Crippen molar-refractivity contribution < 1.29 is 9.53 Å². The average molecular weight is 395 g/mol. The summed E-state index contributed by atoms with van der Waals surface area (Å²) in [6.45, 7) is 9.59. The quantitative estimate of drug-likeness (QED) is 0.110. The fourth-order valence-corrected chi connectivity index (χ4v) is 3.68. The van der Waals surface area contributed by atoms with E-state index in [0.717, 1.165) is 12.8 Å². The average Bonchev–Trinajstić information content (AvgIpc) is 2.66. The molecule has 0 rings (SSSR count). The van der Waals surface area contributed by atoms with Crippen molar-refractivity contribution in [3.63, 3.8) is 0 Å². The molecule has 0 saturated heterocycles. The lowest BCUT2D eigenvalue weighted by Gasteiger charge is -2.12. The molecule has 0 heterocycles. The summed E-state index contributed by atoms with van der Waals surface area (Å²) >= 11 is 0. The van der Waals surface area contributed by atoms with E-state index in [0.29, 0.717) is 5.57 Å². The van der Waals surface area contributed by atoms with Crippen molar-refractivity contribution in [2.24, 2.45) is 0 Å². The zero-order chi connectivity index (χ0) is 20.9. The van der Waals surface area contributed by atoms with Crippen LogP contribution in [0.25, 0.3) is 0 Å². The Hall–Kier alpha value is -0.790. The van der Waals surface area contributed by atoms with Crippen molar-refractivity contribution in [2.75, 3.05) is 0 Å². The first-order valence-corrected chi connectivity index (χ1v) is 12.4. The van der Waals surface area contributed by atoms with Gasteiger partial charge in [-0.25, -0.2) is 4.79 Å². The molecule has 0 aromatic rings. The van der Waals surface area contributed by atoms with Gasteiger partial charge in [0.05, 0.1) is 6.10 Å². The molecule has 166 valence electrons. The van der Waals surface area contributed by atoms with E-state index in [4.69, 9.17) is 4.74 Å². The molecule has 0 aromatic carbocycles. The molecular formula is C26H50O2. The minimum atomic E-state index is -0.255. The molecule has 28 heavy (non-hydrogen) atoms. The summed E-state index contributed by atoms with van der Waals surface area (Å²) < 4.78 is 5.31. The molecule has 0 aliphatic carbocycles. The van der Waals surface area contributed by atoms with Crippen LogP contribution in [0.3, 0.4) is 0 Å². The third kappa shape index (κ3) is 20.0. The van der Waals surface area contributed by atoms with Crippen LogP contribution in [0.5, 0.6) is 0 Å². The van der Waals surface area contributed by atoms with Crippen molar-refractivity contribution in [3.05, 3.63) is 12.2 Å². The van der Waals surface area contributed by atoms with Gasteiger partial charge in [0.25, 0.3) is 0 Å². The van der Waals surface area contributed by atoms with Crippen LogP contribution in [0.4, 0.5) is 0 Å². The third-order valence-corrected chi connectivity index (χ3v) is 5.62. The van der Waals surface area contributed by atoms with Gasteiger partial charge in [0, 0.05) is 5.57 Å². The maximum Gasteiger partial charge on any atom is 0.333 e. The van der Waals surface area contributed by atoms with Gasteiger partial charge in [0.1, 0.15) is 0 Å². The molecule has 0 bridgehead atoms. The Bertz CT molecular complexity index is 361. The second-order valence-corrected chi connectivity index (χ2v) is 8.80. The monoisotopic (exact) mass is 394 g/mol. The summed E-state index contributed by atoms with van der Waals surface area (Å²) in [6.07, 6.45) is 26.1. The number of carbonyl (C=O) groups excluding carboxylic acids is 1. The van der Waals surface area contributed by atoms with Crippen molar-refractivity contribution in [2.45, 2.75) is 149 Å². The highest BCUT2D eigenvalue weighted by Crippen LogP contribution is 2.15. The van der Waals surface area contributed by atoms with E-state index in [-0.39, 0.29) is 12.1 Å². The van der Waals surface area contributed by atoms with E-state index in [2.05, 4.69) is 13.5 Å². The molecule has 1 unspecified atom stereocenters. The van der Waals surface area contributed by atoms with E-state index in [1.54, 1.807) is 6.92 Å². The minimum Gasteiger partial charge on any atom is -0.459 e. The summed E-state index contributed by atoms with van der Waals surface area (Å²) in [6, 6.07) is 0. The van der Waals surface area contributed by atoms with Crippen molar-refractivity contribution in [3.8, 4) is 0 Å². The Morgan fingerprint density at radius 1 is 0.679 bits per heavy atom. The highest BCUT2D eigenvalue weighted by atomic mass is 16.5. The third-order valence-electron chi connectivity index (χ3n) is 5.62. The number of rotatable bonds is 21. The van der Waals surface area contributed by atoms with Crippen LogP contribution in [0.2, 0.25) is 0 Å². The lowest BCUT2D eigenvalue weighted by atomic mass is 10.0. The van der Waals surface area contributed by atoms with Crippen LogP contribution in [0.15, 0.2) is 12.2 Å². The molecule has 0 aliphatic heterocycles. The van der Waals surface area contributed by atoms with Gasteiger partial charge in [-0.05, 0) is 26.7 Å². The van der Waals surface area contributed by atoms with Crippen molar-refractivity contribution in [1.29, 1.82) is 0 Å². The maximum atomic E-state index is 11.4. The minimum absolute atomic E-state index is 0.0188. The van der Waals surface area contributed by atoms with E-state index < -0.39 is 0 Å². The summed E-state index contributed by atoms with van der Waals surface area (Å²) in [5, 5.41) is 0. The van der Waals surface area contributed by atoms with Gasteiger partial charge in [-0.2, -0.15) is 0 Å². The highest BCUT2D eigenvalue weighted by Gasteiger charge is 2.09. The number of ether oxygens (including phenoxy) is 1. The molecule has 1 atom stereocenters. The molecule has 0 spiro atoms. The highest BCUT2D eigenvalue weighted by molar-refractivity contribution is 5.87. The number of hydrogen-bond donors (Lipinski definition) is 0. The molecule has 0 saturated carbocycles. The Morgan fingerprint density at radius 3 is 1.32 bits per heavy atom. The summed E-state index contributed by atoms with van der Waals surface area (Å²) in [5.41, 5.74) is 0.490. The SMILES string of the molecule is C=C(C)C(=O)OC(C)CCCCCCCCCCCCCCCCCCCC. The van der Waals surface area contributed by atoms with Crippen LogP contribution in [-0.2, 0) is 9.53 Å². The Morgan fingerprint density at radius 2 is 1.00 bits per heavy atom. The lowest BCUT2D eigenvalue weighted by Crippen LogP contribution is -2.15. The second kappa shape index (κ2) is 20.9. The molecule has 2 heteroatoms. The normalized spacial score (nSPS) is 12.1. The van der Waals surface area contributed by atoms with Gasteiger partial charge in [-0.15, -0.1) is 0 Å². The molecule has 0 radical (unpaired) electrons. The van der Waals surface area contributed by atoms with Crippen molar-refractivity contribution in [1.82, 2.24) is 0 Å². The Labute approximate surface area is 176 Å². The topological polar surface area (TPSA) is 26.3 Å². The van der Waals surface area contributed by atoms with E-state index in [1.807, 2.05) is 6.92 Å². The fourth-order valence-electron chi connectivity index (χ4n) is 3.68. The Balaban J connectivity index is 3.16. The molecule has 0 N–H and O–H groups in total. The van der Waals surface area contributed by atoms with Crippen LogP contribution in [0.1, 0.15) is 143 Å². The maximum absolute atomic E-state index is 11.4. The smallest absolute Gasteiger partial charge is 0.333 e. The zero-order valence-electron chi connectivity index (χ0n) is 19.5. The molecule has 2 nitrogen and oxygen atoms in total.